The fraction of sp³-hybridized carbons (Fsp3) is 0.417. The first-order valence-corrected chi connectivity index (χ1v) is 5.84. The zero-order chi connectivity index (χ0) is 12.8. The van der Waals surface area contributed by atoms with Crippen LogP contribution in [0.1, 0.15) is 31.4 Å². The Kier molecular flexibility index (Phi) is 5.25. The number of rotatable bonds is 5. The summed E-state index contributed by atoms with van der Waals surface area (Å²) in [6.07, 6.45) is 1.16. The minimum atomic E-state index is 0.0429. The number of oxime groups is 1. The number of hydrogen-bond acceptors (Lipinski definition) is 3. The number of hydrogen-bond donors (Lipinski definition) is 2. The summed E-state index contributed by atoms with van der Waals surface area (Å²) in [6, 6.07) is 5.22. The van der Waals surface area contributed by atoms with E-state index in [1.807, 2.05) is 13.0 Å². The minimum absolute atomic E-state index is 0.0429. The van der Waals surface area contributed by atoms with Crippen molar-refractivity contribution in [3.63, 3.8) is 0 Å². The molecule has 0 aliphatic heterocycles. The van der Waals surface area contributed by atoms with E-state index in [0.29, 0.717) is 17.2 Å². The van der Waals surface area contributed by atoms with Crippen molar-refractivity contribution in [3.8, 4) is 0 Å². The molecule has 0 bridgehead atoms. The zero-order valence-electron chi connectivity index (χ0n) is 9.98. The second kappa shape index (κ2) is 6.47. The monoisotopic (exact) mass is 256 g/mol. The summed E-state index contributed by atoms with van der Waals surface area (Å²) in [5.74, 6) is 0.0429. The van der Waals surface area contributed by atoms with Gasteiger partial charge in [-0.3, -0.25) is 0 Å². The van der Waals surface area contributed by atoms with Crippen LogP contribution in [0.25, 0.3) is 0 Å². The van der Waals surface area contributed by atoms with E-state index in [-0.39, 0.29) is 11.9 Å². The Balaban J connectivity index is 2.76. The number of halogens is 1. The van der Waals surface area contributed by atoms with Crippen molar-refractivity contribution < 1.29 is 9.94 Å². The Labute approximate surface area is 106 Å². The van der Waals surface area contributed by atoms with Crippen molar-refractivity contribution in [1.29, 1.82) is 0 Å². The third-order valence-electron chi connectivity index (χ3n) is 2.55. The van der Waals surface area contributed by atoms with Crippen LogP contribution >= 0.6 is 11.6 Å². The molecule has 0 saturated heterocycles. The fourth-order valence-electron chi connectivity index (χ4n) is 1.23. The lowest BCUT2D eigenvalue weighted by Gasteiger charge is -2.12. The van der Waals surface area contributed by atoms with Crippen LogP contribution in [0, 0.1) is 0 Å². The third-order valence-corrected chi connectivity index (χ3v) is 2.91. The Morgan fingerprint density at radius 3 is 2.82 bits per heavy atom. The Bertz CT molecular complexity index is 407. The van der Waals surface area contributed by atoms with Gasteiger partial charge in [-0.15, -0.1) is 0 Å². The molecule has 1 aromatic rings. The van der Waals surface area contributed by atoms with E-state index >= 15 is 0 Å². The van der Waals surface area contributed by atoms with Crippen LogP contribution in [-0.4, -0.2) is 17.1 Å². The van der Waals surface area contributed by atoms with Crippen LogP contribution < -0.4 is 5.73 Å². The topological polar surface area (TPSA) is 67.8 Å². The number of amidine groups is 1. The van der Waals surface area contributed by atoms with Crippen molar-refractivity contribution >= 4 is 17.4 Å². The second-order valence-electron chi connectivity index (χ2n) is 3.82. The Morgan fingerprint density at radius 1 is 1.59 bits per heavy atom. The first kappa shape index (κ1) is 13.8. The molecular formula is C12H17ClN2O2. The number of ether oxygens (including phenoxy) is 1. The highest BCUT2D eigenvalue weighted by Crippen LogP contribution is 2.19. The zero-order valence-corrected chi connectivity index (χ0v) is 10.7. The molecule has 1 unspecified atom stereocenters. The van der Waals surface area contributed by atoms with Gasteiger partial charge in [0.1, 0.15) is 0 Å². The van der Waals surface area contributed by atoms with Gasteiger partial charge in [-0.1, -0.05) is 35.8 Å². The maximum absolute atomic E-state index is 8.55. The molecule has 0 aliphatic carbocycles. The van der Waals surface area contributed by atoms with E-state index in [2.05, 4.69) is 12.1 Å². The molecule has 1 atom stereocenters. The molecule has 0 heterocycles. The normalized spacial score (nSPS) is 13.7. The first-order chi connectivity index (χ1) is 8.08. The summed E-state index contributed by atoms with van der Waals surface area (Å²) < 4.78 is 5.59. The van der Waals surface area contributed by atoms with Crippen molar-refractivity contribution in [2.45, 2.75) is 33.0 Å². The SMILES string of the molecule is CCC(C)OCc1ccc(/C(N)=N/O)cc1Cl. The van der Waals surface area contributed by atoms with Gasteiger partial charge in [0.2, 0.25) is 0 Å². The van der Waals surface area contributed by atoms with E-state index in [9.17, 15) is 0 Å². The molecular weight excluding hydrogens is 240 g/mol. The molecule has 4 nitrogen and oxygen atoms in total. The van der Waals surface area contributed by atoms with Gasteiger partial charge < -0.3 is 15.7 Å². The first-order valence-electron chi connectivity index (χ1n) is 5.46. The van der Waals surface area contributed by atoms with E-state index in [4.69, 9.17) is 27.3 Å². The van der Waals surface area contributed by atoms with E-state index in [0.717, 1.165) is 12.0 Å². The molecule has 0 radical (unpaired) electrons. The van der Waals surface area contributed by atoms with E-state index in [1.165, 1.54) is 0 Å². The van der Waals surface area contributed by atoms with Crippen LogP contribution in [0.2, 0.25) is 5.02 Å². The maximum Gasteiger partial charge on any atom is 0.170 e. The third kappa shape index (κ3) is 3.91. The standard InChI is InChI=1S/C12H17ClN2O2/c1-3-8(2)17-7-10-5-4-9(6-11(10)13)12(14)15-16/h4-6,8,16H,3,7H2,1-2H3,(H2,14,15). The molecule has 0 aromatic heterocycles. The van der Waals surface area contributed by atoms with Crippen LogP contribution in [-0.2, 0) is 11.3 Å². The largest absolute Gasteiger partial charge is 0.409 e. The summed E-state index contributed by atoms with van der Waals surface area (Å²) in [5, 5.41) is 12.0. The van der Waals surface area contributed by atoms with Crippen LogP contribution in [0.4, 0.5) is 0 Å². The van der Waals surface area contributed by atoms with E-state index in [1.54, 1.807) is 12.1 Å². The molecule has 17 heavy (non-hydrogen) atoms. The predicted molar refractivity (Wildman–Crippen MR) is 68.5 cm³/mol. The summed E-state index contributed by atoms with van der Waals surface area (Å²) in [7, 11) is 0. The lowest BCUT2D eigenvalue weighted by atomic mass is 10.1. The average Bonchev–Trinajstić information content (AvgIpc) is 2.35. The van der Waals surface area contributed by atoms with Crippen molar-refractivity contribution in [1.82, 2.24) is 0 Å². The van der Waals surface area contributed by atoms with Crippen LogP contribution in [0.3, 0.4) is 0 Å². The highest BCUT2D eigenvalue weighted by Gasteiger charge is 2.06. The molecule has 1 aromatic carbocycles. The minimum Gasteiger partial charge on any atom is -0.409 e. The van der Waals surface area contributed by atoms with Gasteiger partial charge in [0.15, 0.2) is 5.84 Å². The highest BCUT2D eigenvalue weighted by atomic mass is 35.5. The van der Waals surface area contributed by atoms with Gasteiger partial charge in [-0.25, -0.2) is 0 Å². The van der Waals surface area contributed by atoms with Crippen molar-refractivity contribution in [2.24, 2.45) is 10.9 Å². The molecule has 0 saturated carbocycles. The molecule has 0 aliphatic rings. The summed E-state index contributed by atoms with van der Waals surface area (Å²) in [4.78, 5) is 0. The summed E-state index contributed by atoms with van der Waals surface area (Å²) in [5.41, 5.74) is 6.95. The van der Waals surface area contributed by atoms with E-state index < -0.39 is 0 Å². The molecule has 0 amide bonds. The maximum atomic E-state index is 8.55. The van der Waals surface area contributed by atoms with Gasteiger partial charge in [-0.05, 0) is 25.0 Å². The molecule has 3 N–H and O–H groups in total. The Hall–Kier alpha value is -1.26. The number of benzene rings is 1. The Morgan fingerprint density at radius 2 is 2.29 bits per heavy atom. The van der Waals surface area contributed by atoms with Gasteiger partial charge >= 0.3 is 0 Å². The summed E-state index contributed by atoms with van der Waals surface area (Å²) >= 11 is 6.08. The van der Waals surface area contributed by atoms with Gasteiger partial charge in [0, 0.05) is 10.6 Å². The molecule has 5 heteroatoms. The highest BCUT2D eigenvalue weighted by molar-refractivity contribution is 6.31. The van der Waals surface area contributed by atoms with Gasteiger partial charge in [0.05, 0.1) is 12.7 Å². The fourth-order valence-corrected chi connectivity index (χ4v) is 1.47. The molecule has 0 fully saturated rings. The second-order valence-corrected chi connectivity index (χ2v) is 4.23. The van der Waals surface area contributed by atoms with Crippen LogP contribution in [0.15, 0.2) is 23.4 Å². The van der Waals surface area contributed by atoms with Crippen LogP contribution in [0.5, 0.6) is 0 Å². The number of nitrogens with two attached hydrogens (primary N) is 1. The lowest BCUT2D eigenvalue weighted by molar-refractivity contribution is 0.0509. The molecule has 1 rings (SSSR count). The van der Waals surface area contributed by atoms with Gasteiger partial charge in [0.25, 0.3) is 0 Å². The van der Waals surface area contributed by atoms with Crippen molar-refractivity contribution in [2.75, 3.05) is 0 Å². The van der Waals surface area contributed by atoms with Gasteiger partial charge in [-0.2, -0.15) is 0 Å². The molecule has 0 spiro atoms. The lowest BCUT2D eigenvalue weighted by Crippen LogP contribution is -2.13. The smallest absolute Gasteiger partial charge is 0.170 e. The average molecular weight is 257 g/mol. The quantitative estimate of drug-likeness (QED) is 0.368. The summed E-state index contributed by atoms with van der Waals surface area (Å²) in [6.45, 7) is 4.54. The van der Waals surface area contributed by atoms with Crippen molar-refractivity contribution in [3.05, 3.63) is 34.3 Å². The predicted octanol–water partition coefficient (Wildman–Crippen LogP) is 2.75. The number of nitrogens with zero attached hydrogens (tertiary/aromatic N) is 1. The molecule has 94 valence electrons.